The Morgan fingerprint density at radius 2 is 1.96 bits per heavy atom. The van der Waals surface area contributed by atoms with Gasteiger partial charge in [-0.15, -0.1) is 0 Å². The van der Waals surface area contributed by atoms with E-state index in [1.807, 2.05) is 18.7 Å². The number of nitro groups is 1. The van der Waals surface area contributed by atoms with E-state index >= 15 is 0 Å². The first kappa shape index (κ1) is 17.9. The van der Waals surface area contributed by atoms with Gasteiger partial charge in [-0.05, 0) is 38.1 Å². The zero-order valence-electron chi connectivity index (χ0n) is 14.3. The van der Waals surface area contributed by atoms with Gasteiger partial charge in [-0.2, -0.15) is 0 Å². The van der Waals surface area contributed by atoms with E-state index in [-0.39, 0.29) is 23.7 Å². The minimum atomic E-state index is -0.741. The molecule has 0 radical (unpaired) electrons. The first-order chi connectivity index (χ1) is 12.3. The van der Waals surface area contributed by atoms with Gasteiger partial charge in [0.25, 0.3) is 5.91 Å². The van der Waals surface area contributed by atoms with E-state index < -0.39 is 22.5 Å². The molecule has 1 fully saturated rings. The molecule has 138 valence electrons. The van der Waals surface area contributed by atoms with Gasteiger partial charge >= 0.3 is 5.88 Å². The van der Waals surface area contributed by atoms with Crippen LogP contribution in [0, 0.1) is 15.9 Å². The van der Waals surface area contributed by atoms with Crippen molar-refractivity contribution in [3.63, 3.8) is 0 Å². The highest BCUT2D eigenvalue weighted by Crippen LogP contribution is 2.26. The van der Waals surface area contributed by atoms with Crippen LogP contribution in [0.3, 0.4) is 0 Å². The minimum absolute atomic E-state index is 0.00716. The third-order valence-electron chi connectivity index (χ3n) is 3.96. The summed E-state index contributed by atoms with van der Waals surface area (Å²) in [7, 11) is 0. The Balaban J connectivity index is 1.72. The van der Waals surface area contributed by atoms with Crippen molar-refractivity contribution in [2.45, 2.75) is 26.1 Å². The molecule has 1 aliphatic heterocycles. The van der Waals surface area contributed by atoms with E-state index in [1.165, 1.54) is 12.1 Å². The number of furan rings is 1. The number of morpholine rings is 1. The number of anilines is 2. The Bertz CT molecular complexity index is 828. The number of hydrogen-bond donors (Lipinski definition) is 1. The van der Waals surface area contributed by atoms with Crippen molar-refractivity contribution in [1.29, 1.82) is 0 Å². The molecule has 8 nitrogen and oxygen atoms in total. The predicted octanol–water partition coefficient (Wildman–Crippen LogP) is 3.19. The lowest BCUT2D eigenvalue weighted by atomic mass is 10.2. The summed E-state index contributed by atoms with van der Waals surface area (Å²) in [6, 6.07) is 6.63. The Kier molecular flexibility index (Phi) is 4.90. The zero-order valence-corrected chi connectivity index (χ0v) is 14.3. The summed E-state index contributed by atoms with van der Waals surface area (Å²) in [6.07, 6.45) is -0.0143. The SMILES string of the molecule is C[C@@H]1CN(c2ccc(NC(=O)c3ccc([N+](=O)[O-])o3)cc2F)C[C@H](C)O1. The van der Waals surface area contributed by atoms with Crippen LogP contribution in [0.1, 0.15) is 24.4 Å². The molecule has 2 atom stereocenters. The standard InChI is InChI=1S/C17H18FN3O5/c1-10-8-20(9-11(2)25-10)14-4-3-12(7-13(14)18)19-17(22)15-5-6-16(26-15)21(23)24/h3-7,10-11H,8-9H2,1-2H3,(H,19,22)/t10-,11+. The molecule has 3 rings (SSSR count). The van der Waals surface area contributed by atoms with Gasteiger partial charge in [0, 0.05) is 18.8 Å². The van der Waals surface area contributed by atoms with Crippen LogP contribution in [0.5, 0.6) is 0 Å². The van der Waals surface area contributed by atoms with Gasteiger partial charge in [0.1, 0.15) is 10.7 Å². The third-order valence-corrected chi connectivity index (χ3v) is 3.96. The Labute approximate surface area is 148 Å². The van der Waals surface area contributed by atoms with Crippen LogP contribution in [0.4, 0.5) is 21.6 Å². The van der Waals surface area contributed by atoms with Gasteiger partial charge in [0.05, 0.1) is 24.0 Å². The van der Waals surface area contributed by atoms with E-state index in [0.29, 0.717) is 18.8 Å². The van der Waals surface area contributed by atoms with Crippen LogP contribution in [-0.4, -0.2) is 36.1 Å². The number of halogens is 1. The predicted molar refractivity (Wildman–Crippen MR) is 91.9 cm³/mol. The van der Waals surface area contributed by atoms with Crippen LogP contribution in [0.15, 0.2) is 34.7 Å². The van der Waals surface area contributed by atoms with E-state index in [2.05, 4.69) is 5.32 Å². The number of nitrogens with one attached hydrogen (secondary N) is 1. The molecule has 26 heavy (non-hydrogen) atoms. The Morgan fingerprint density at radius 1 is 1.27 bits per heavy atom. The summed E-state index contributed by atoms with van der Waals surface area (Å²) in [5, 5.41) is 13.1. The molecule has 0 aliphatic carbocycles. The minimum Gasteiger partial charge on any atom is -0.395 e. The Morgan fingerprint density at radius 3 is 2.54 bits per heavy atom. The fraction of sp³-hybridized carbons (Fsp3) is 0.353. The van der Waals surface area contributed by atoms with E-state index in [0.717, 1.165) is 6.07 Å². The number of benzene rings is 1. The molecule has 1 N–H and O–H groups in total. The maximum absolute atomic E-state index is 14.5. The van der Waals surface area contributed by atoms with Crippen molar-refractivity contribution in [1.82, 2.24) is 0 Å². The normalized spacial score (nSPS) is 20.0. The van der Waals surface area contributed by atoms with Crippen molar-refractivity contribution >= 4 is 23.2 Å². The number of nitrogens with zero attached hydrogens (tertiary/aromatic N) is 2. The first-order valence-corrected chi connectivity index (χ1v) is 8.09. The van der Waals surface area contributed by atoms with Crippen molar-refractivity contribution in [2.24, 2.45) is 0 Å². The number of carbonyl (C=O) groups is 1. The Hall–Kier alpha value is -2.94. The molecule has 0 spiro atoms. The van der Waals surface area contributed by atoms with E-state index in [9.17, 15) is 19.3 Å². The molecule has 2 aromatic rings. The fourth-order valence-electron chi connectivity index (χ4n) is 2.96. The van der Waals surface area contributed by atoms with Gasteiger partial charge < -0.3 is 19.4 Å². The third kappa shape index (κ3) is 3.83. The average Bonchev–Trinajstić information content (AvgIpc) is 3.04. The van der Waals surface area contributed by atoms with Crippen LogP contribution < -0.4 is 10.2 Å². The van der Waals surface area contributed by atoms with Crippen molar-refractivity contribution in [2.75, 3.05) is 23.3 Å². The number of rotatable bonds is 4. The van der Waals surface area contributed by atoms with E-state index in [4.69, 9.17) is 9.15 Å². The number of amides is 1. The zero-order chi connectivity index (χ0) is 18.8. The molecule has 0 saturated carbocycles. The lowest BCUT2D eigenvalue weighted by molar-refractivity contribution is -0.402. The monoisotopic (exact) mass is 363 g/mol. The second-order valence-corrected chi connectivity index (χ2v) is 6.18. The molecule has 0 unspecified atom stereocenters. The largest absolute Gasteiger partial charge is 0.433 e. The van der Waals surface area contributed by atoms with Gasteiger partial charge in [0.2, 0.25) is 0 Å². The molecule has 1 aromatic heterocycles. The summed E-state index contributed by atoms with van der Waals surface area (Å²) < 4.78 is 25.0. The molecular weight excluding hydrogens is 345 g/mol. The molecule has 1 saturated heterocycles. The summed E-state index contributed by atoms with van der Waals surface area (Å²) in [5.74, 6) is -1.93. The molecule has 9 heteroatoms. The topological polar surface area (TPSA) is 97.9 Å². The lowest BCUT2D eigenvalue weighted by Crippen LogP contribution is -2.45. The molecule has 1 aliphatic rings. The summed E-state index contributed by atoms with van der Waals surface area (Å²) >= 11 is 0. The lowest BCUT2D eigenvalue weighted by Gasteiger charge is -2.37. The van der Waals surface area contributed by atoms with Crippen molar-refractivity contribution in [3.8, 4) is 0 Å². The van der Waals surface area contributed by atoms with Gasteiger partial charge in [-0.1, -0.05) is 0 Å². The maximum atomic E-state index is 14.5. The number of ether oxygens (including phenoxy) is 1. The van der Waals surface area contributed by atoms with Crippen molar-refractivity contribution in [3.05, 3.63) is 52.0 Å². The molecule has 0 bridgehead atoms. The highest BCUT2D eigenvalue weighted by molar-refractivity contribution is 6.02. The van der Waals surface area contributed by atoms with Crippen LogP contribution in [-0.2, 0) is 4.74 Å². The van der Waals surface area contributed by atoms with Crippen LogP contribution in [0.25, 0.3) is 0 Å². The van der Waals surface area contributed by atoms with Gasteiger partial charge in [-0.25, -0.2) is 4.39 Å². The molecule has 1 aromatic carbocycles. The number of carbonyl (C=O) groups excluding carboxylic acids is 1. The molecule has 1 amide bonds. The van der Waals surface area contributed by atoms with Crippen molar-refractivity contribution < 1.29 is 23.3 Å². The van der Waals surface area contributed by atoms with Crippen LogP contribution >= 0.6 is 0 Å². The molecular formula is C17H18FN3O5. The van der Waals surface area contributed by atoms with Gasteiger partial charge in [-0.3, -0.25) is 14.9 Å². The van der Waals surface area contributed by atoms with E-state index in [1.54, 1.807) is 12.1 Å². The highest BCUT2D eigenvalue weighted by Gasteiger charge is 2.24. The highest BCUT2D eigenvalue weighted by atomic mass is 19.1. The molecule has 2 heterocycles. The first-order valence-electron chi connectivity index (χ1n) is 8.09. The number of hydrogen-bond acceptors (Lipinski definition) is 6. The quantitative estimate of drug-likeness (QED) is 0.662. The second kappa shape index (κ2) is 7.12. The summed E-state index contributed by atoms with van der Waals surface area (Å²) in [4.78, 5) is 23.8. The fourth-order valence-corrected chi connectivity index (χ4v) is 2.96. The maximum Gasteiger partial charge on any atom is 0.433 e. The van der Waals surface area contributed by atoms with Gasteiger partial charge in [0.15, 0.2) is 5.76 Å². The smallest absolute Gasteiger partial charge is 0.395 e. The van der Waals surface area contributed by atoms with Crippen LogP contribution in [0.2, 0.25) is 0 Å². The average molecular weight is 363 g/mol. The second-order valence-electron chi connectivity index (χ2n) is 6.18. The summed E-state index contributed by atoms with van der Waals surface area (Å²) in [6.45, 7) is 5.00. The summed E-state index contributed by atoms with van der Waals surface area (Å²) in [5.41, 5.74) is 0.656.